The van der Waals surface area contributed by atoms with Crippen LogP contribution in [0, 0.1) is 11.3 Å². The molecule has 108 valence electrons. The van der Waals surface area contributed by atoms with Crippen molar-refractivity contribution in [3.63, 3.8) is 0 Å². The van der Waals surface area contributed by atoms with Gasteiger partial charge in [-0.15, -0.1) is 0 Å². The maximum atomic E-state index is 10.6. The zero-order valence-corrected chi connectivity index (χ0v) is 12.5. The molecular weight excluding hydrogens is 236 g/mol. The van der Waals surface area contributed by atoms with E-state index in [4.69, 9.17) is 0 Å². The number of nitrogens with one attached hydrogen (secondary N) is 2. The fourth-order valence-corrected chi connectivity index (χ4v) is 3.11. The summed E-state index contributed by atoms with van der Waals surface area (Å²) in [7, 11) is 0. The van der Waals surface area contributed by atoms with Crippen LogP contribution in [0.3, 0.4) is 0 Å². The van der Waals surface area contributed by atoms with Crippen molar-refractivity contribution in [2.24, 2.45) is 11.3 Å². The van der Waals surface area contributed by atoms with Gasteiger partial charge in [0.25, 0.3) is 0 Å². The molecule has 0 radical (unpaired) electrons. The summed E-state index contributed by atoms with van der Waals surface area (Å²) < 4.78 is 0. The van der Waals surface area contributed by atoms with Crippen LogP contribution in [-0.2, 0) is 6.54 Å². The number of aromatic nitrogens is 1. The van der Waals surface area contributed by atoms with Gasteiger partial charge < -0.3 is 15.4 Å². The van der Waals surface area contributed by atoms with Gasteiger partial charge in [-0.05, 0) is 48.6 Å². The second kappa shape index (κ2) is 5.68. The Morgan fingerprint density at radius 3 is 2.58 bits per heavy atom. The van der Waals surface area contributed by atoms with E-state index in [-0.39, 0.29) is 0 Å². The topological polar surface area (TPSA) is 48.0 Å². The third kappa shape index (κ3) is 4.08. The summed E-state index contributed by atoms with van der Waals surface area (Å²) in [6.45, 7) is 8.47. The van der Waals surface area contributed by atoms with Crippen molar-refractivity contribution >= 4 is 0 Å². The molecule has 1 saturated carbocycles. The van der Waals surface area contributed by atoms with Crippen molar-refractivity contribution < 1.29 is 5.11 Å². The molecule has 0 amide bonds. The van der Waals surface area contributed by atoms with Gasteiger partial charge in [-0.25, -0.2) is 0 Å². The van der Waals surface area contributed by atoms with E-state index in [9.17, 15) is 5.11 Å². The van der Waals surface area contributed by atoms with Crippen molar-refractivity contribution in [1.82, 2.24) is 10.3 Å². The van der Waals surface area contributed by atoms with Crippen LogP contribution in [0.25, 0.3) is 0 Å². The smallest absolute Gasteiger partial charge is 0.0771 e. The average molecular weight is 264 g/mol. The van der Waals surface area contributed by atoms with E-state index in [0.717, 1.165) is 38.1 Å². The Morgan fingerprint density at radius 2 is 2.05 bits per heavy atom. The van der Waals surface area contributed by atoms with Gasteiger partial charge in [0.15, 0.2) is 0 Å². The SMILES string of the molecule is CC(C)(C)C1CCC(O)(CNCc2cc[nH]c2)CC1. The van der Waals surface area contributed by atoms with Crippen LogP contribution < -0.4 is 5.32 Å². The van der Waals surface area contributed by atoms with E-state index >= 15 is 0 Å². The molecular formula is C16H28N2O. The van der Waals surface area contributed by atoms with Gasteiger partial charge in [0.1, 0.15) is 0 Å². The molecule has 0 aromatic carbocycles. The number of hydrogen-bond acceptors (Lipinski definition) is 2. The first-order valence-electron chi connectivity index (χ1n) is 7.44. The maximum absolute atomic E-state index is 10.6. The van der Waals surface area contributed by atoms with Gasteiger partial charge >= 0.3 is 0 Å². The summed E-state index contributed by atoms with van der Waals surface area (Å²) in [4.78, 5) is 3.05. The van der Waals surface area contributed by atoms with E-state index in [1.54, 1.807) is 0 Å². The third-order valence-corrected chi connectivity index (χ3v) is 4.59. The van der Waals surface area contributed by atoms with Gasteiger partial charge in [-0.2, -0.15) is 0 Å². The first-order chi connectivity index (χ1) is 8.89. The molecule has 0 unspecified atom stereocenters. The summed E-state index contributed by atoms with van der Waals surface area (Å²) >= 11 is 0. The molecule has 0 aliphatic heterocycles. The summed E-state index contributed by atoms with van der Waals surface area (Å²) in [5.41, 5.74) is 1.12. The second-order valence-corrected chi connectivity index (χ2v) is 7.19. The highest BCUT2D eigenvalue weighted by atomic mass is 16.3. The fourth-order valence-electron chi connectivity index (χ4n) is 3.11. The van der Waals surface area contributed by atoms with E-state index < -0.39 is 5.60 Å². The van der Waals surface area contributed by atoms with E-state index in [0.29, 0.717) is 12.0 Å². The van der Waals surface area contributed by atoms with Crippen molar-refractivity contribution in [1.29, 1.82) is 0 Å². The molecule has 1 aromatic rings. The molecule has 1 aromatic heterocycles. The van der Waals surface area contributed by atoms with Crippen LogP contribution in [-0.4, -0.2) is 22.2 Å². The lowest BCUT2D eigenvalue weighted by molar-refractivity contribution is -0.0239. The predicted octanol–water partition coefficient (Wildman–Crippen LogP) is 3.07. The lowest BCUT2D eigenvalue weighted by Gasteiger charge is -2.41. The largest absolute Gasteiger partial charge is 0.389 e. The highest BCUT2D eigenvalue weighted by Gasteiger charge is 2.36. The third-order valence-electron chi connectivity index (χ3n) is 4.59. The molecule has 1 aliphatic carbocycles. The van der Waals surface area contributed by atoms with Crippen LogP contribution in [0.15, 0.2) is 18.5 Å². The lowest BCUT2D eigenvalue weighted by atomic mass is 9.68. The second-order valence-electron chi connectivity index (χ2n) is 7.19. The predicted molar refractivity (Wildman–Crippen MR) is 78.9 cm³/mol. The lowest BCUT2D eigenvalue weighted by Crippen LogP contribution is -2.44. The first kappa shape index (κ1) is 14.6. The number of rotatable bonds is 4. The Hall–Kier alpha value is -0.800. The molecule has 1 heterocycles. The Bertz CT molecular complexity index is 370. The Balaban J connectivity index is 1.75. The molecule has 3 heteroatoms. The van der Waals surface area contributed by atoms with Crippen LogP contribution in [0.5, 0.6) is 0 Å². The van der Waals surface area contributed by atoms with Crippen molar-refractivity contribution in [3.8, 4) is 0 Å². The Morgan fingerprint density at radius 1 is 1.37 bits per heavy atom. The number of hydrogen-bond donors (Lipinski definition) is 3. The zero-order valence-electron chi connectivity index (χ0n) is 12.5. The number of aliphatic hydroxyl groups is 1. The summed E-state index contributed by atoms with van der Waals surface area (Å²) in [6, 6.07) is 2.06. The summed E-state index contributed by atoms with van der Waals surface area (Å²) in [5.74, 6) is 0.748. The highest BCUT2D eigenvalue weighted by molar-refractivity contribution is 5.07. The number of aromatic amines is 1. The molecule has 2 rings (SSSR count). The maximum Gasteiger partial charge on any atom is 0.0771 e. The van der Waals surface area contributed by atoms with Crippen LogP contribution in [0.2, 0.25) is 0 Å². The molecule has 3 nitrogen and oxygen atoms in total. The normalized spacial score (nSPS) is 28.5. The molecule has 0 bridgehead atoms. The Labute approximate surface area is 116 Å². The van der Waals surface area contributed by atoms with Gasteiger partial charge in [-0.1, -0.05) is 20.8 Å². The molecule has 0 atom stereocenters. The monoisotopic (exact) mass is 264 g/mol. The van der Waals surface area contributed by atoms with Crippen molar-refractivity contribution in [2.75, 3.05) is 6.54 Å². The standard InChI is InChI=1S/C16H28N2O/c1-15(2,3)14-4-7-16(19,8-5-14)12-18-11-13-6-9-17-10-13/h6,9-10,14,17-19H,4-5,7-8,11-12H2,1-3H3. The molecule has 0 spiro atoms. The molecule has 0 saturated heterocycles. The zero-order chi connectivity index (χ0) is 13.9. The summed E-state index contributed by atoms with van der Waals surface area (Å²) in [6.07, 6.45) is 8.07. The number of H-pyrrole nitrogens is 1. The van der Waals surface area contributed by atoms with E-state index in [1.165, 1.54) is 5.56 Å². The fraction of sp³-hybridized carbons (Fsp3) is 0.750. The van der Waals surface area contributed by atoms with Gasteiger partial charge in [0.2, 0.25) is 0 Å². The highest BCUT2D eigenvalue weighted by Crippen LogP contribution is 2.41. The average Bonchev–Trinajstić information content (AvgIpc) is 2.81. The first-order valence-corrected chi connectivity index (χ1v) is 7.44. The van der Waals surface area contributed by atoms with E-state index in [1.807, 2.05) is 12.4 Å². The van der Waals surface area contributed by atoms with Crippen molar-refractivity contribution in [2.45, 2.75) is 58.6 Å². The quantitative estimate of drug-likeness (QED) is 0.782. The van der Waals surface area contributed by atoms with Crippen LogP contribution in [0.1, 0.15) is 52.0 Å². The van der Waals surface area contributed by atoms with Crippen LogP contribution >= 0.6 is 0 Å². The van der Waals surface area contributed by atoms with Gasteiger partial charge in [0, 0.05) is 25.5 Å². The molecule has 1 fully saturated rings. The van der Waals surface area contributed by atoms with Crippen LogP contribution in [0.4, 0.5) is 0 Å². The van der Waals surface area contributed by atoms with Crippen molar-refractivity contribution in [3.05, 3.63) is 24.0 Å². The minimum atomic E-state index is -0.502. The van der Waals surface area contributed by atoms with Gasteiger partial charge in [-0.3, -0.25) is 0 Å². The minimum absolute atomic E-state index is 0.375. The molecule has 3 N–H and O–H groups in total. The Kier molecular flexibility index (Phi) is 4.36. The van der Waals surface area contributed by atoms with E-state index in [2.05, 4.69) is 37.1 Å². The summed E-state index contributed by atoms with van der Waals surface area (Å²) in [5, 5.41) is 14.0. The minimum Gasteiger partial charge on any atom is -0.389 e. The van der Waals surface area contributed by atoms with Gasteiger partial charge in [0.05, 0.1) is 5.60 Å². The molecule has 19 heavy (non-hydrogen) atoms. The molecule has 1 aliphatic rings.